The maximum absolute atomic E-state index is 12.7. The molecule has 0 amide bonds. The summed E-state index contributed by atoms with van der Waals surface area (Å²) in [6, 6.07) is 0. The minimum Gasteiger partial charge on any atom is -0.756 e. The molecule has 0 saturated carbocycles. The Morgan fingerprint density at radius 2 is 1.02 bits per heavy atom. The minimum absolute atomic E-state index is 0.0392. The number of esters is 2. The predicted molar refractivity (Wildman–Crippen MR) is 231 cm³/mol. The fraction of sp³-hybridized carbons (Fsp3) is 0.739. The highest BCUT2D eigenvalue weighted by Crippen LogP contribution is 2.38. The average molecular weight is 808 g/mol. The Morgan fingerprint density at radius 3 is 1.52 bits per heavy atom. The van der Waals surface area contributed by atoms with Crippen LogP contribution in [0, 0.1) is 0 Å². The molecule has 9 nitrogen and oxygen atoms in total. The van der Waals surface area contributed by atoms with Gasteiger partial charge in [-0.05, 0) is 57.8 Å². The van der Waals surface area contributed by atoms with Crippen molar-refractivity contribution in [2.24, 2.45) is 0 Å². The van der Waals surface area contributed by atoms with E-state index in [9.17, 15) is 19.0 Å². The second kappa shape index (κ2) is 38.2. The van der Waals surface area contributed by atoms with Crippen molar-refractivity contribution in [2.45, 2.75) is 174 Å². The van der Waals surface area contributed by atoms with Crippen molar-refractivity contribution in [2.75, 3.05) is 47.5 Å². The van der Waals surface area contributed by atoms with Crippen LogP contribution in [-0.2, 0) is 32.7 Å². The van der Waals surface area contributed by atoms with Gasteiger partial charge in [-0.2, -0.15) is 0 Å². The molecule has 0 heterocycles. The number of phosphoric acid groups is 1. The SMILES string of the molecule is CC/C=C/C/C=C/C/C=C/C/C=C/C/C=C/CCCCCC(=O)O[C@H](COC(=O)CCCCCCCCCCCCCCC)COP(=O)([O-])OCC[N+](C)(C)C. The third kappa shape index (κ3) is 41.3. The average Bonchev–Trinajstić information content (AvgIpc) is 3.15. The van der Waals surface area contributed by atoms with E-state index in [0.717, 1.165) is 70.6 Å². The quantitative estimate of drug-likeness (QED) is 0.0198. The van der Waals surface area contributed by atoms with Crippen LogP contribution in [-0.4, -0.2) is 70.0 Å². The highest BCUT2D eigenvalue weighted by Gasteiger charge is 2.21. The third-order valence-corrected chi connectivity index (χ3v) is 10.0. The molecule has 10 heteroatoms. The molecule has 0 fully saturated rings. The van der Waals surface area contributed by atoms with Gasteiger partial charge in [-0.15, -0.1) is 0 Å². The van der Waals surface area contributed by atoms with Crippen LogP contribution < -0.4 is 4.89 Å². The second-order valence-electron chi connectivity index (χ2n) is 15.7. The molecule has 0 aliphatic rings. The summed E-state index contributed by atoms with van der Waals surface area (Å²) in [6.45, 7) is 4.06. The van der Waals surface area contributed by atoms with Gasteiger partial charge in [0, 0.05) is 12.8 Å². The smallest absolute Gasteiger partial charge is 0.306 e. The molecule has 0 radical (unpaired) electrons. The first-order valence-corrected chi connectivity index (χ1v) is 23.5. The van der Waals surface area contributed by atoms with Gasteiger partial charge in [-0.25, -0.2) is 0 Å². The van der Waals surface area contributed by atoms with Crippen molar-refractivity contribution in [1.82, 2.24) is 0 Å². The Labute approximate surface area is 343 Å². The van der Waals surface area contributed by atoms with E-state index in [-0.39, 0.29) is 26.1 Å². The van der Waals surface area contributed by atoms with E-state index in [1.807, 2.05) is 21.1 Å². The lowest BCUT2D eigenvalue weighted by molar-refractivity contribution is -0.870. The van der Waals surface area contributed by atoms with Crippen LogP contribution in [0.5, 0.6) is 0 Å². The normalized spacial score (nSPS) is 14.2. The number of rotatable bonds is 39. The number of nitrogens with zero attached hydrogens (tertiary/aromatic N) is 1. The summed E-state index contributed by atoms with van der Waals surface area (Å²) in [6.07, 6.45) is 45.3. The van der Waals surface area contributed by atoms with Gasteiger partial charge >= 0.3 is 11.9 Å². The molecule has 0 aliphatic carbocycles. The van der Waals surface area contributed by atoms with Gasteiger partial charge in [-0.3, -0.25) is 14.2 Å². The maximum Gasteiger partial charge on any atom is 0.306 e. The van der Waals surface area contributed by atoms with Crippen molar-refractivity contribution in [1.29, 1.82) is 0 Å². The van der Waals surface area contributed by atoms with Crippen LogP contribution in [0.15, 0.2) is 60.8 Å². The summed E-state index contributed by atoms with van der Waals surface area (Å²) in [7, 11) is 1.14. The van der Waals surface area contributed by atoms with E-state index in [1.54, 1.807) is 0 Å². The Bertz CT molecular complexity index is 1140. The molecular weight excluding hydrogens is 725 g/mol. The van der Waals surface area contributed by atoms with E-state index in [2.05, 4.69) is 74.6 Å². The summed E-state index contributed by atoms with van der Waals surface area (Å²) in [5.41, 5.74) is 0. The first-order chi connectivity index (χ1) is 27.0. The molecule has 0 bridgehead atoms. The zero-order chi connectivity index (χ0) is 41.4. The van der Waals surface area contributed by atoms with Crippen LogP contribution in [0.4, 0.5) is 0 Å². The summed E-state index contributed by atoms with van der Waals surface area (Å²) in [4.78, 5) is 37.5. The molecule has 0 aromatic rings. The highest BCUT2D eigenvalue weighted by molar-refractivity contribution is 7.45. The van der Waals surface area contributed by atoms with Crippen molar-refractivity contribution < 1.29 is 42.1 Å². The number of likely N-dealkylation sites (N-methyl/N-ethyl adjacent to an activating group) is 1. The van der Waals surface area contributed by atoms with Gasteiger partial charge in [0.1, 0.15) is 19.8 Å². The third-order valence-electron chi connectivity index (χ3n) is 9.05. The summed E-state index contributed by atoms with van der Waals surface area (Å²) >= 11 is 0. The number of ether oxygens (including phenoxy) is 2. The fourth-order valence-corrected chi connectivity index (χ4v) is 6.35. The van der Waals surface area contributed by atoms with Crippen molar-refractivity contribution in [3.05, 3.63) is 60.8 Å². The predicted octanol–water partition coefficient (Wildman–Crippen LogP) is 11.8. The van der Waals surface area contributed by atoms with Crippen LogP contribution in [0.2, 0.25) is 0 Å². The molecule has 0 aliphatic heterocycles. The van der Waals surface area contributed by atoms with Crippen molar-refractivity contribution >= 4 is 19.8 Å². The summed E-state index contributed by atoms with van der Waals surface area (Å²) in [5, 5.41) is 0. The second-order valence-corrected chi connectivity index (χ2v) is 17.1. The Hall–Kier alpha value is -2.29. The Morgan fingerprint density at radius 1 is 0.571 bits per heavy atom. The first-order valence-electron chi connectivity index (χ1n) is 22.0. The van der Waals surface area contributed by atoms with Crippen molar-refractivity contribution in [3.8, 4) is 0 Å². The molecule has 1 unspecified atom stereocenters. The number of quaternary nitrogens is 1. The molecule has 0 saturated heterocycles. The Balaban J connectivity index is 4.43. The van der Waals surface area contributed by atoms with Crippen LogP contribution in [0.3, 0.4) is 0 Å². The molecule has 0 aromatic carbocycles. The molecule has 2 atom stereocenters. The van der Waals surface area contributed by atoms with Gasteiger partial charge < -0.3 is 27.9 Å². The number of hydrogen-bond donors (Lipinski definition) is 0. The van der Waals surface area contributed by atoms with Crippen LogP contribution >= 0.6 is 7.82 Å². The number of carbonyl (C=O) groups excluding carboxylic acids is 2. The lowest BCUT2D eigenvalue weighted by atomic mass is 10.0. The van der Waals surface area contributed by atoms with Gasteiger partial charge in [0.15, 0.2) is 6.10 Å². The van der Waals surface area contributed by atoms with Crippen LogP contribution in [0.1, 0.15) is 168 Å². The van der Waals surface area contributed by atoms with E-state index < -0.39 is 32.5 Å². The van der Waals surface area contributed by atoms with E-state index in [1.165, 1.54) is 64.2 Å². The zero-order valence-electron chi connectivity index (χ0n) is 36.3. The molecule has 56 heavy (non-hydrogen) atoms. The molecule has 0 rings (SSSR count). The largest absolute Gasteiger partial charge is 0.756 e. The number of carbonyl (C=O) groups is 2. The van der Waals surface area contributed by atoms with Gasteiger partial charge in [0.05, 0.1) is 27.7 Å². The van der Waals surface area contributed by atoms with E-state index in [0.29, 0.717) is 17.4 Å². The molecule has 0 aromatic heterocycles. The topological polar surface area (TPSA) is 111 Å². The number of hydrogen-bond acceptors (Lipinski definition) is 8. The van der Waals surface area contributed by atoms with E-state index in [4.69, 9.17) is 18.5 Å². The van der Waals surface area contributed by atoms with Gasteiger partial charge in [0.2, 0.25) is 0 Å². The maximum atomic E-state index is 12.7. The molecule has 0 N–H and O–H groups in total. The minimum atomic E-state index is -4.63. The number of unbranched alkanes of at least 4 members (excludes halogenated alkanes) is 15. The lowest BCUT2D eigenvalue weighted by Crippen LogP contribution is -2.37. The number of phosphoric ester groups is 1. The van der Waals surface area contributed by atoms with E-state index >= 15 is 0 Å². The lowest BCUT2D eigenvalue weighted by Gasteiger charge is -2.28. The monoisotopic (exact) mass is 808 g/mol. The molecule has 0 spiro atoms. The van der Waals surface area contributed by atoms with Crippen LogP contribution in [0.25, 0.3) is 0 Å². The van der Waals surface area contributed by atoms with Crippen molar-refractivity contribution in [3.63, 3.8) is 0 Å². The standard InChI is InChI=1S/C46H82NO8P/c1-6-8-10-12-14-16-18-20-21-22-23-24-25-27-29-31-33-35-37-39-46(49)55-44(43-54-56(50,51)53-41-40-47(3,4)5)42-52-45(48)38-36-34-32-30-28-26-19-17-15-13-11-9-7-2/h8,10,14,16,20-21,23-24,27,29,44H,6-7,9,11-13,15,17-19,22,25-26,28,30-43H2,1-5H3/b10-8+,16-14+,21-20+,24-23+,29-27+/t44-/m1/s1. The zero-order valence-corrected chi connectivity index (χ0v) is 37.2. The molecular formula is C46H82NO8P. The summed E-state index contributed by atoms with van der Waals surface area (Å²) < 4.78 is 33.8. The molecule has 324 valence electrons. The van der Waals surface area contributed by atoms with Gasteiger partial charge in [-0.1, -0.05) is 158 Å². The Kier molecular flexibility index (Phi) is 36.7. The first kappa shape index (κ1) is 53.7. The highest BCUT2D eigenvalue weighted by atomic mass is 31.2. The van der Waals surface area contributed by atoms with Gasteiger partial charge in [0.25, 0.3) is 7.82 Å². The number of allylic oxidation sites excluding steroid dienone is 10. The fourth-order valence-electron chi connectivity index (χ4n) is 5.62. The summed E-state index contributed by atoms with van der Waals surface area (Å²) in [5.74, 6) is -0.874.